The molecule has 2 aromatic rings. The van der Waals surface area contributed by atoms with Crippen LogP contribution in [0.2, 0.25) is 0 Å². The number of hydrogen-bond acceptors (Lipinski definition) is 3. The van der Waals surface area contributed by atoms with E-state index in [0.29, 0.717) is 5.92 Å². The maximum atomic E-state index is 9.15. The van der Waals surface area contributed by atoms with E-state index >= 15 is 0 Å². The highest BCUT2D eigenvalue weighted by atomic mass is 32.2. The Balaban J connectivity index is 1.56. The van der Waals surface area contributed by atoms with Crippen LogP contribution in [0.1, 0.15) is 22.6 Å². The maximum absolute atomic E-state index is 9.15. The highest BCUT2D eigenvalue weighted by molar-refractivity contribution is 7.99. The number of thioether (sulfide) groups is 1. The van der Waals surface area contributed by atoms with Crippen LogP contribution in [-0.2, 0) is 13.2 Å². The number of nitrogens with one attached hydrogen (secondary N) is 1. The first-order valence-corrected chi connectivity index (χ1v) is 7.96. The van der Waals surface area contributed by atoms with Crippen molar-refractivity contribution in [2.24, 2.45) is 0 Å². The summed E-state index contributed by atoms with van der Waals surface area (Å²) in [5, 5.41) is 12.7. The molecule has 1 aliphatic rings. The summed E-state index contributed by atoms with van der Waals surface area (Å²) < 4.78 is 0. The van der Waals surface area contributed by atoms with Gasteiger partial charge in [0.05, 0.1) is 6.61 Å². The van der Waals surface area contributed by atoms with Crippen LogP contribution in [0.15, 0.2) is 53.4 Å². The van der Waals surface area contributed by atoms with Crippen molar-refractivity contribution in [1.82, 2.24) is 5.32 Å². The lowest BCUT2D eigenvalue weighted by Crippen LogP contribution is -2.21. The molecule has 2 aromatic carbocycles. The van der Waals surface area contributed by atoms with Crippen LogP contribution in [0, 0.1) is 0 Å². The number of fused-ring (bicyclic) bond motifs is 1. The number of benzene rings is 2. The topological polar surface area (TPSA) is 32.3 Å². The largest absolute Gasteiger partial charge is 0.392 e. The van der Waals surface area contributed by atoms with Gasteiger partial charge in [0, 0.05) is 29.7 Å². The molecule has 2 nitrogen and oxygen atoms in total. The van der Waals surface area contributed by atoms with Crippen molar-refractivity contribution >= 4 is 11.8 Å². The van der Waals surface area contributed by atoms with Crippen LogP contribution in [0.25, 0.3) is 0 Å². The molecule has 0 spiro atoms. The van der Waals surface area contributed by atoms with Crippen molar-refractivity contribution in [2.45, 2.75) is 24.0 Å². The third-order valence-corrected chi connectivity index (χ3v) is 4.94. The van der Waals surface area contributed by atoms with Gasteiger partial charge in [-0.15, -0.1) is 11.8 Å². The smallest absolute Gasteiger partial charge is 0.0681 e. The Morgan fingerprint density at radius 1 is 1.10 bits per heavy atom. The van der Waals surface area contributed by atoms with Crippen molar-refractivity contribution < 1.29 is 5.11 Å². The lowest BCUT2D eigenvalue weighted by molar-refractivity contribution is 0.281. The second-order valence-electron chi connectivity index (χ2n) is 5.15. The molecule has 0 aromatic heterocycles. The molecule has 2 N–H and O–H groups in total. The van der Waals surface area contributed by atoms with Gasteiger partial charge in [0.1, 0.15) is 0 Å². The quantitative estimate of drug-likeness (QED) is 0.885. The summed E-state index contributed by atoms with van der Waals surface area (Å²) in [6, 6.07) is 16.8. The minimum Gasteiger partial charge on any atom is -0.392 e. The fraction of sp³-hybridized carbons (Fsp3) is 0.294. The summed E-state index contributed by atoms with van der Waals surface area (Å²) in [7, 11) is 0. The van der Waals surface area contributed by atoms with Gasteiger partial charge in [0.15, 0.2) is 0 Å². The Labute approximate surface area is 124 Å². The maximum Gasteiger partial charge on any atom is 0.0681 e. The zero-order chi connectivity index (χ0) is 13.8. The highest BCUT2D eigenvalue weighted by Crippen LogP contribution is 2.38. The van der Waals surface area contributed by atoms with E-state index in [1.165, 1.54) is 21.8 Å². The van der Waals surface area contributed by atoms with Crippen LogP contribution in [-0.4, -0.2) is 17.4 Å². The summed E-state index contributed by atoms with van der Waals surface area (Å²) in [4.78, 5) is 1.43. The Bertz CT molecular complexity index is 585. The zero-order valence-corrected chi connectivity index (χ0v) is 12.2. The van der Waals surface area contributed by atoms with Crippen molar-refractivity contribution in [3.8, 4) is 0 Å². The Kier molecular flexibility index (Phi) is 4.41. The van der Waals surface area contributed by atoms with E-state index in [-0.39, 0.29) is 6.61 Å². The molecule has 3 rings (SSSR count). The molecule has 1 aliphatic heterocycles. The number of rotatable bonds is 5. The summed E-state index contributed by atoms with van der Waals surface area (Å²) in [5.41, 5.74) is 3.69. The first-order chi connectivity index (χ1) is 9.86. The molecule has 0 amide bonds. The normalized spacial score (nSPS) is 17.1. The zero-order valence-electron chi connectivity index (χ0n) is 11.4. The van der Waals surface area contributed by atoms with Gasteiger partial charge in [0.2, 0.25) is 0 Å². The van der Waals surface area contributed by atoms with Crippen LogP contribution in [0.3, 0.4) is 0 Å². The molecule has 1 unspecified atom stereocenters. The van der Waals surface area contributed by atoms with Crippen molar-refractivity contribution in [2.75, 3.05) is 12.3 Å². The molecular weight excluding hydrogens is 266 g/mol. The number of hydrogen-bond donors (Lipinski definition) is 2. The second kappa shape index (κ2) is 6.44. The Morgan fingerprint density at radius 3 is 2.85 bits per heavy atom. The molecular formula is C17H19NOS. The fourth-order valence-corrected chi connectivity index (χ4v) is 3.88. The summed E-state index contributed by atoms with van der Waals surface area (Å²) in [6.45, 7) is 1.98. The van der Waals surface area contributed by atoms with Crippen LogP contribution < -0.4 is 5.32 Å². The van der Waals surface area contributed by atoms with Gasteiger partial charge in [0.25, 0.3) is 0 Å². The van der Waals surface area contributed by atoms with Gasteiger partial charge in [-0.1, -0.05) is 42.5 Å². The summed E-state index contributed by atoms with van der Waals surface area (Å²) >= 11 is 1.96. The van der Waals surface area contributed by atoms with Crippen molar-refractivity contribution in [3.05, 3.63) is 65.2 Å². The van der Waals surface area contributed by atoms with Gasteiger partial charge < -0.3 is 10.4 Å². The molecule has 0 radical (unpaired) electrons. The SMILES string of the molecule is OCc1cccc(CNCC2CSc3ccccc32)c1. The second-order valence-corrected chi connectivity index (χ2v) is 6.22. The number of aliphatic hydroxyl groups excluding tert-OH is 1. The van der Waals surface area contributed by atoms with E-state index in [1.807, 2.05) is 23.9 Å². The van der Waals surface area contributed by atoms with E-state index in [0.717, 1.165) is 18.7 Å². The predicted octanol–water partition coefficient (Wildman–Crippen LogP) is 3.16. The van der Waals surface area contributed by atoms with E-state index < -0.39 is 0 Å². The monoisotopic (exact) mass is 285 g/mol. The van der Waals surface area contributed by atoms with Gasteiger partial charge in [-0.2, -0.15) is 0 Å². The highest BCUT2D eigenvalue weighted by Gasteiger charge is 2.21. The van der Waals surface area contributed by atoms with Crippen molar-refractivity contribution in [1.29, 1.82) is 0 Å². The average molecular weight is 285 g/mol. The molecule has 0 saturated heterocycles. The average Bonchev–Trinajstić information content (AvgIpc) is 2.91. The Morgan fingerprint density at radius 2 is 1.95 bits per heavy atom. The summed E-state index contributed by atoms with van der Waals surface area (Å²) in [5.74, 6) is 1.78. The van der Waals surface area contributed by atoms with Crippen LogP contribution in [0.5, 0.6) is 0 Å². The van der Waals surface area contributed by atoms with E-state index in [4.69, 9.17) is 5.11 Å². The van der Waals surface area contributed by atoms with Gasteiger partial charge >= 0.3 is 0 Å². The van der Waals surface area contributed by atoms with Gasteiger partial charge in [-0.25, -0.2) is 0 Å². The van der Waals surface area contributed by atoms with Gasteiger partial charge in [-0.3, -0.25) is 0 Å². The molecule has 1 atom stereocenters. The molecule has 3 heteroatoms. The standard InChI is InChI=1S/C17H19NOS/c19-11-14-5-3-4-13(8-14)9-18-10-15-12-20-17-7-2-1-6-16(15)17/h1-8,15,18-19H,9-12H2. The minimum absolute atomic E-state index is 0.112. The van der Waals surface area contributed by atoms with E-state index in [9.17, 15) is 0 Å². The molecule has 104 valence electrons. The van der Waals surface area contributed by atoms with E-state index in [1.54, 1.807) is 0 Å². The molecule has 0 saturated carbocycles. The minimum atomic E-state index is 0.112. The molecule has 0 bridgehead atoms. The van der Waals surface area contributed by atoms with Crippen LogP contribution >= 0.6 is 11.8 Å². The Hall–Kier alpha value is -1.29. The first-order valence-electron chi connectivity index (χ1n) is 6.98. The predicted molar refractivity (Wildman–Crippen MR) is 84.0 cm³/mol. The van der Waals surface area contributed by atoms with Gasteiger partial charge in [-0.05, 0) is 22.8 Å². The molecule has 0 aliphatic carbocycles. The fourth-order valence-electron chi connectivity index (χ4n) is 2.63. The van der Waals surface area contributed by atoms with E-state index in [2.05, 4.69) is 41.7 Å². The third-order valence-electron chi connectivity index (χ3n) is 3.69. The third kappa shape index (κ3) is 3.06. The number of aliphatic hydroxyl groups is 1. The molecule has 1 heterocycles. The first kappa shape index (κ1) is 13.7. The van der Waals surface area contributed by atoms with Crippen molar-refractivity contribution in [3.63, 3.8) is 0 Å². The summed E-state index contributed by atoms with van der Waals surface area (Å²) in [6.07, 6.45) is 0. The molecule has 20 heavy (non-hydrogen) atoms. The lowest BCUT2D eigenvalue weighted by atomic mass is 10.0. The molecule has 0 fully saturated rings. The lowest BCUT2D eigenvalue weighted by Gasteiger charge is -2.12. The van der Waals surface area contributed by atoms with Crippen LogP contribution in [0.4, 0.5) is 0 Å².